The molecule has 0 radical (unpaired) electrons. The molecule has 0 spiro atoms. The zero-order valence-corrected chi connectivity index (χ0v) is 12.3. The molecule has 2 aromatic rings. The normalized spacial score (nSPS) is 10.1. The SMILES string of the molecule is COc1ccc(CN(C)c2ncnc(NN)c2OC)cc1. The van der Waals surface area contributed by atoms with Crippen LogP contribution < -0.4 is 25.6 Å². The minimum absolute atomic E-state index is 0.448. The van der Waals surface area contributed by atoms with Gasteiger partial charge in [0.1, 0.15) is 12.1 Å². The van der Waals surface area contributed by atoms with Crippen LogP contribution in [0.4, 0.5) is 11.6 Å². The van der Waals surface area contributed by atoms with E-state index in [2.05, 4.69) is 15.4 Å². The number of nitrogens with two attached hydrogens (primary N) is 1. The van der Waals surface area contributed by atoms with E-state index < -0.39 is 0 Å². The Balaban J connectivity index is 2.21. The number of benzene rings is 1. The standard InChI is InChI=1S/C14H19N5O2/c1-19(8-10-4-6-11(20-2)7-5-10)14-12(21-3)13(18-15)16-9-17-14/h4-7,9H,8,15H2,1-3H3,(H,16,17,18). The van der Waals surface area contributed by atoms with Crippen LogP contribution >= 0.6 is 0 Å². The second kappa shape index (κ2) is 6.76. The Labute approximate surface area is 123 Å². The average Bonchev–Trinajstić information content (AvgIpc) is 2.54. The van der Waals surface area contributed by atoms with Crippen LogP contribution in [0.5, 0.6) is 11.5 Å². The fourth-order valence-corrected chi connectivity index (χ4v) is 2.01. The van der Waals surface area contributed by atoms with Crippen molar-refractivity contribution in [1.29, 1.82) is 0 Å². The van der Waals surface area contributed by atoms with Crippen molar-refractivity contribution in [2.45, 2.75) is 6.54 Å². The number of aromatic nitrogens is 2. The summed E-state index contributed by atoms with van der Waals surface area (Å²) in [7, 11) is 5.13. The van der Waals surface area contributed by atoms with E-state index in [0.29, 0.717) is 23.9 Å². The first kappa shape index (κ1) is 14.9. The molecule has 2 rings (SSSR count). The molecular formula is C14H19N5O2. The number of nitrogens with one attached hydrogen (secondary N) is 1. The zero-order chi connectivity index (χ0) is 15.2. The Morgan fingerprint density at radius 2 is 1.86 bits per heavy atom. The number of ether oxygens (including phenoxy) is 2. The van der Waals surface area contributed by atoms with E-state index in [-0.39, 0.29) is 0 Å². The van der Waals surface area contributed by atoms with Crippen molar-refractivity contribution < 1.29 is 9.47 Å². The van der Waals surface area contributed by atoms with Crippen molar-refractivity contribution in [2.75, 3.05) is 31.6 Å². The Kier molecular flexibility index (Phi) is 4.78. The lowest BCUT2D eigenvalue weighted by atomic mass is 10.2. The highest BCUT2D eigenvalue weighted by molar-refractivity contribution is 5.64. The van der Waals surface area contributed by atoms with Crippen molar-refractivity contribution in [3.63, 3.8) is 0 Å². The predicted octanol–water partition coefficient (Wildman–Crippen LogP) is 1.42. The van der Waals surface area contributed by atoms with Crippen molar-refractivity contribution in [3.05, 3.63) is 36.2 Å². The molecule has 7 heteroatoms. The van der Waals surface area contributed by atoms with Gasteiger partial charge < -0.3 is 19.8 Å². The van der Waals surface area contributed by atoms with Gasteiger partial charge in [-0.1, -0.05) is 12.1 Å². The van der Waals surface area contributed by atoms with Crippen LogP contribution in [0.15, 0.2) is 30.6 Å². The second-order valence-electron chi connectivity index (χ2n) is 4.43. The molecule has 7 nitrogen and oxygen atoms in total. The summed E-state index contributed by atoms with van der Waals surface area (Å²) in [6.07, 6.45) is 1.44. The minimum atomic E-state index is 0.448. The van der Waals surface area contributed by atoms with Gasteiger partial charge in [-0.25, -0.2) is 15.8 Å². The molecule has 0 saturated carbocycles. The summed E-state index contributed by atoms with van der Waals surface area (Å²) < 4.78 is 10.5. The van der Waals surface area contributed by atoms with Gasteiger partial charge in [0, 0.05) is 13.6 Å². The van der Waals surface area contributed by atoms with Crippen molar-refractivity contribution in [1.82, 2.24) is 9.97 Å². The van der Waals surface area contributed by atoms with Crippen LogP contribution in [0.1, 0.15) is 5.56 Å². The van der Waals surface area contributed by atoms with E-state index in [1.165, 1.54) is 6.33 Å². The average molecular weight is 289 g/mol. The van der Waals surface area contributed by atoms with Gasteiger partial charge in [0.2, 0.25) is 5.75 Å². The van der Waals surface area contributed by atoms with Gasteiger partial charge >= 0.3 is 0 Å². The highest BCUT2D eigenvalue weighted by atomic mass is 16.5. The first-order chi connectivity index (χ1) is 10.2. The van der Waals surface area contributed by atoms with Gasteiger partial charge in [0.05, 0.1) is 14.2 Å². The van der Waals surface area contributed by atoms with Crippen molar-refractivity contribution >= 4 is 11.6 Å². The van der Waals surface area contributed by atoms with E-state index in [1.807, 2.05) is 36.2 Å². The van der Waals surface area contributed by atoms with Crippen molar-refractivity contribution in [2.24, 2.45) is 5.84 Å². The maximum atomic E-state index is 5.43. The van der Waals surface area contributed by atoms with Crippen molar-refractivity contribution in [3.8, 4) is 11.5 Å². The molecule has 0 amide bonds. The molecule has 0 bridgehead atoms. The topological polar surface area (TPSA) is 85.5 Å². The molecule has 1 heterocycles. The van der Waals surface area contributed by atoms with E-state index in [4.69, 9.17) is 15.3 Å². The molecule has 21 heavy (non-hydrogen) atoms. The third-order valence-electron chi connectivity index (χ3n) is 3.07. The first-order valence-corrected chi connectivity index (χ1v) is 6.39. The van der Waals surface area contributed by atoms with Crippen LogP contribution in [0.25, 0.3) is 0 Å². The summed E-state index contributed by atoms with van der Waals surface area (Å²) >= 11 is 0. The van der Waals surface area contributed by atoms with Crippen LogP contribution in [0, 0.1) is 0 Å². The van der Waals surface area contributed by atoms with E-state index >= 15 is 0 Å². The molecular weight excluding hydrogens is 270 g/mol. The number of methoxy groups -OCH3 is 2. The number of nitrogen functional groups attached to an aromatic ring is 1. The minimum Gasteiger partial charge on any atom is -0.497 e. The Morgan fingerprint density at radius 3 is 2.43 bits per heavy atom. The molecule has 0 saturated heterocycles. The number of hydrazine groups is 1. The fraction of sp³-hybridized carbons (Fsp3) is 0.286. The second-order valence-corrected chi connectivity index (χ2v) is 4.43. The quantitative estimate of drug-likeness (QED) is 0.614. The number of rotatable bonds is 6. The summed E-state index contributed by atoms with van der Waals surface area (Å²) in [5.74, 6) is 7.88. The van der Waals surface area contributed by atoms with Crippen LogP contribution in [-0.4, -0.2) is 31.2 Å². The summed E-state index contributed by atoms with van der Waals surface area (Å²) in [6, 6.07) is 7.86. The summed E-state index contributed by atoms with van der Waals surface area (Å²) in [6.45, 7) is 0.668. The molecule has 3 N–H and O–H groups in total. The zero-order valence-electron chi connectivity index (χ0n) is 12.3. The van der Waals surface area contributed by atoms with Gasteiger partial charge in [-0.15, -0.1) is 0 Å². The fourth-order valence-electron chi connectivity index (χ4n) is 2.01. The number of hydrogen-bond acceptors (Lipinski definition) is 7. The highest BCUT2D eigenvalue weighted by Gasteiger charge is 2.15. The smallest absolute Gasteiger partial charge is 0.205 e. The van der Waals surface area contributed by atoms with Crippen LogP contribution in [-0.2, 0) is 6.54 Å². The van der Waals surface area contributed by atoms with Gasteiger partial charge in [-0.3, -0.25) is 0 Å². The largest absolute Gasteiger partial charge is 0.497 e. The van der Waals surface area contributed by atoms with Crippen LogP contribution in [0.3, 0.4) is 0 Å². The molecule has 0 atom stereocenters. The Bertz CT molecular complexity index is 588. The molecule has 1 aromatic heterocycles. The molecule has 0 unspecified atom stereocenters. The van der Waals surface area contributed by atoms with Gasteiger partial charge in [0.25, 0.3) is 0 Å². The maximum absolute atomic E-state index is 5.43. The number of nitrogens with zero attached hydrogens (tertiary/aromatic N) is 3. The maximum Gasteiger partial charge on any atom is 0.205 e. The van der Waals surface area contributed by atoms with Gasteiger partial charge in [-0.05, 0) is 17.7 Å². The number of anilines is 2. The third-order valence-corrected chi connectivity index (χ3v) is 3.07. The Morgan fingerprint density at radius 1 is 1.14 bits per heavy atom. The van der Waals surface area contributed by atoms with E-state index in [9.17, 15) is 0 Å². The van der Waals surface area contributed by atoms with E-state index in [0.717, 1.165) is 11.3 Å². The molecule has 0 aliphatic carbocycles. The lowest BCUT2D eigenvalue weighted by Crippen LogP contribution is -2.20. The molecule has 112 valence electrons. The summed E-state index contributed by atoms with van der Waals surface area (Å²) in [5, 5.41) is 0. The predicted molar refractivity (Wildman–Crippen MR) is 81.5 cm³/mol. The van der Waals surface area contributed by atoms with Gasteiger partial charge in [0.15, 0.2) is 11.6 Å². The molecule has 0 aliphatic heterocycles. The monoisotopic (exact) mass is 289 g/mol. The third kappa shape index (κ3) is 3.32. The lowest BCUT2D eigenvalue weighted by molar-refractivity contribution is 0.412. The first-order valence-electron chi connectivity index (χ1n) is 6.39. The molecule has 1 aromatic carbocycles. The van der Waals surface area contributed by atoms with Crippen LogP contribution in [0.2, 0.25) is 0 Å². The molecule has 0 fully saturated rings. The number of hydrogen-bond donors (Lipinski definition) is 2. The highest BCUT2D eigenvalue weighted by Crippen LogP contribution is 2.31. The molecule has 0 aliphatic rings. The summed E-state index contributed by atoms with van der Waals surface area (Å²) in [5.41, 5.74) is 3.63. The van der Waals surface area contributed by atoms with E-state index in [1.54, 1.807) is 14.2 Å². The lowest BCUT2D eigenvalue weighted by Gasteiger charge is -2.21. The van der Waals surface area contributed by atoms with Gasteiger partial charge in [-0.2, -0.15) is 0 Å². The summed E-state index contributed by atoms with van der Waals surface area (Å²) in [4.78, 5) is 10.2. The Hall–Kier alpha value is -2.54.